The Bertz CT molecular complexity index is 503. The predicted octanol–water partition coefficient (Wildman–Crippen LogP) is 2.05. The molecule has 1 aliphatic heterocycles. The fraction of sp³-hybridized carbons (Fsp3) is 0.650. The van der Waals surface area contributed by atoms with E-state index in [9.17, 15) is 9.90 Å². The minimum atomic E-state index is -0.663. The number of likely N-dealkylation sites (N-methyl/N-ethyl adjacent to an activating group) is 1. The molecule has 0 radical (unpaired) electrons. The van der Waals surface area contributed by atoms with Crippen LogP contribution in [0.15, 0.2) is 30.3 Å². The molecule has 1 fully saturated rings. The molecule has 25 heavy (non-hydrogen) atoms. The first-order chi connectivity index (χ1) is 12.1. The van der Waals surface area contributed by atoms with E-state index >= 15 is 0 Å². The van der Waals surface area contributed by atoms with Crippen LogP contribution in [-0.2, 0) is 16.1 Å². The van der Waals surface area contributed by atoms with E-state index in [1.165, 1.54) is 12.8 Å². The molecule has 5 heteroatoms. The lowest BCUT2D eigenvalue weighted by Gasteiger charge is -2.29. The molecule has 140 valence electrons. The van der Waals surface area contributed by atoms with Crippen LogP contribution in [0.5, 0.6) is 0 Å². The van der Waals surface area contributed by atoms with E-state index < -0.39 is 6.10 Å². The Kier molecular flexibility index (Phi) is 8.38. The van der Waals surface area contributed by atoms with Crippen molar-refractivity contribution in [1.82, 2.24) is 10.2 Å². The Balaban J connectivity index is 1.65. The molecule has 2 N–H and O–H groups in total. The third-order valence-electron chi connectivity index (χ3n) is 4.97. The van der Waals surface area contributed by atoms with Crippen LogP contribution < -0.4 is 5.32 Å². The lowest BCUT2D eigenvalue weighted by molar-refractivity contribution is -0.133. The number of aliphatic hydroxyl groups excluding tert-OH is 1. The molecule has 0 bridgehead atoms. The maximum Gasteiger partial charge on any atom is 0.222 e. The van der Waals surface area contributed by atoms with E-state index in [4.69, 9.17) is 4.74 Å². The van der Waals surface area contributed by atoms with Crippen molar-refractivity contribution in [2.24, 2.45) is 11.8 Å². The van der Waals surface area contributed by atoms with E-state index in [1.807, 2.05) is 30.3 Å². The van der Waals surface area contributed by atoms with Crippen LogP contribution in [0, 0.1) is 11.8 Å². The number of carbonyl (C=O) groups is 1. The van der Waals surface area contributed by atoms with Gasteiger partial charge in [0, 0.05) is 20.0 Å². The zero-order valence-electron chi connectivity index (χ0n) is 15.5. The number of benzene rings is 1. The number of rotatable bonds is 9. The van der Waals surface area contributed by atoms with Crippen molar-refractivity contribution in [2.75, 3.05) is 33.3 Å². The van der Waals surface area contributed by atoms with Gasteiger partial charge in [-0.1, -0.05) is 37.3 Å². The van der Waals surface area contributed by atoms with Crippen molar-refractivity contribution in [3.63, 3.8) is 0 Å². The molecule has 0 saturated carbocycles. The molecule has 0 spiro atoms. The summed E-state index contributed by atoms with van der Waals surface area (Å²) in [6, 6.07) is 9.87. The van der Waals surface area contributed by atoms with Gasteiger partial charge in [-0.3, -0.25) is 4.79 Å². The third kappa shape index (κ3) is 7.14. The maximum atomic E-state index is 12.4. The lowest BCUT2D eigenvalue weighted by atomic mass is 9.85. The summed E-state index contributed by atoms with van der Waals surface area (Å²) in [5.41, 5.74) is 1.08. The van der Waals surface area contributed by atoms with Gasteiger partial charge in [0.1, 0.15) is 0 Å². The number of nitrogens with one attached hydrogen (secondary N) is 1. The van der Waals surface area contributed by atoms with Crippen molar-refractivity contribution in [2.45, 2.75) is 38.9 Å². The minimum Gasteiger partial charge on any atom is -0.389 e. The van der Waals surface area contributed by atoms with Crippen LogP contribution in [0.3, 0.4) is 0 Å². The molecule has 1 heterocycles. The predicted molar refractivity (Wildman–Crippen MR) is 99.1 cm³/mol. The van der Waals surface area contributed by atoms with E-state index in [0.29, 0.717) is 31.4 Å². The molecule has 3 atom stereocenters. The summed E-state index contributed by atoms with van der Waals surface area (Å²) in [5.74, 6) is 1.04. The van der Waals surface area contributed by atoms with Crippen LogP contribution in [0.1, 0.15) is 31.7 Å². The average Bonchev–Trinajstić information content (AvgIpc) is 2.63. The second-order valence-electron chi connectivity index (χ2n) is 7.22. The minimum absolute atomic E-state index is 0.0974. The Morgan fingerprint density at radius 3 is 2.84 bits per heavy atom. The van der Waals surface area contributed by atoms with Gasteiger partial charge in [-0.05, 0) is 43.3 Å². The number of piperidine rings is 1. The monoisotopic (exact) mass is 348 g/mol. The number of amides is 1. The second-order valence-corrected chi connectivity index (χ2v) is 7.22. The average molecular weight is 348 g/mol. The van der Waals surface area contributed by atoms with Gasteiger partial charge in [0.05, 0.1) is 19.3 Å². The zero-order valence-corrected chi connectivity index (χ0v) is 15.5. The molecule has 1 amide bonds. The highest BCUT2D eigenvalue weighted by atomic mass is 16.5. The van der Waals surface area contributed by atoms with Gasteiger partial charge < -0.3 is 20.1 Å². The SMILES string of the molecule is CC(CC(=O)N(C)CC(O)COCc1ccccc1)C1CCCNC1. The molecule has 0 aromatic heterocycles. The maximum absolute atomic E-state index is 12.4. The van der Waals surface area contributed by atoms with Crippen molar-refractivity contribution < 1.29 is 14.6 Å². The van der Waals surface area contributed by atoms with E-state index in [0.717, 1.165) is 18.7 Å². The van der Waals surface area contributed by atoms with Gasteiger partial charge >= 0.3 is 0 Å². The van der Waals surface area contributed by atoms with Crippen LogP contribution in [0.4, 0.5) is 0 Å². The standard InChI is InChI=1S/C20H32N2O3/c1-16(18-9-6-10-21-12-18)11-20(24)22(2)13-19(23)15-25-14-17-7-4-3-5-8-17/h3-5,7-8,16,18-19,21,23H,6,9-15H2,1-2H3. The highest BCUT2D eigenvalue weighted by molar-refractivity contribution is 5.76. The number of ether oxygens (including phenoxy) is 1. The highest BCUT2D eigenvalue weighted by Gasteiger charge is 2.24. The van der Waals surface area contributed by atoms with E-state index in [2.05, 4.69) is 12.2 Å². The first kappa shape index (κ1) is 19.9. The number of hydrogen-bond donors (Lipinski definition) is 2. The largest absolute Gasteiger partial charge is 0.389 e. The van der Waals surface area contributed by atoms with Crippen molar-refractivity contribution in [1.29, 1.82) is 0 Å². The van der Waals surface area contributed by atoms with Crippen LogP contribution in [-0.4, -0.2) is 55.3 Å². The number of aliphatic hydroxyl groups is 1. The molecule has 1 aliphatic rings. The molecule has 2 rings (SSSR count). The number of hydrogen-bond acceptors (Lipinski definition) is 4. The second kappa shape index (κ2) is 10.5. The topological polar surface area (TPSA) is 61.8 Å². The lowest BCUT2D eigenvalue weighted by Crippen LogP contribution is -2.39. The summed E-state index contributed by atoms with van der Waals surface area (Å²) < 4.78 is 5.54. The van der Waals surface area contributed by atoms with Gasteiger partial charge in [0.15, 0.2) is 0 Å². The van der Waals surface area contributed by atoms with Crippen LogP contribution in [0.25, 0.3) is 0 Å². The Labute approximate surface area is 151 Å². The Morgan fingerprint density at radius 2 is 2.16 bits per heavy atom. The Hall–Kier alpha value is -1.43. The molecule has 5 nitrogen and oxygen atoms in total. The summed E-state index contributed by atoms with van der Waals surface area (Å²) in [5, 5.41) is 13.5. The Morgan fingerprint density at radius 1 is 1.40 bits per heavy atom. The fourth-order valence-corrected chi connectivity index (χ4v) is 3.32. The summed E-state index contributed by atoms with van der Waals surface area (Å²) in [4.78, 5) is 14.0. The van der Waals surface area contributed by atoms with E-state index in [-0.39, 0.29) is 12.5 Å². The molecule has 1 aromatic rings. The van der Waals surface area contributed by atoms with Crippen molar-refractivity contribution in [3.05, 3.63) is 35.9 Å². The highest BCUT2D eigenvalue weighted by Crippen LogP contribution is 2.23. The van der Waals surface area contributed by atoms with Gasteiger partial charge in [0.2, 0.25) is 5.91 Å². The molecular weight excluding hydrogens is 316 g/mol. The van der Waals surface area contributed by atoms with Crippen LogP contribution in [0.2, 0.25) is 0 Å². The zero-order chi connectivity index (χ0) is 18.1. The quantitative estimate of drug-likeness (QED) is 0.717. The van der Waals surface area contributed by atoms with Crippen LogP contribution >= 0.6 is 0 Å². The first-order valence-electron chi connectivity index (χ1n) is 9.30. The molecule has 1 aromatic carbocycles. The molecular formula is C20H32N2O3. The summed E-state index contributed by atoms with van der Waals surface area (Å²) >= 11 is 0. The van der Waals surface area contributed by atoms with Crippen molar-refractivity contribution in [3.8, 4) is 0 Å². The third-order valence-corrected chi connectivity index (χ3v) is 4.97. The normalized spacial score (nSPS) is 20.0. The first-order valence-corrected chi connectivity index (χ1v) is 9.30. The summed E-state index contributed by atoms with van der Waals surface area (Å²) in [6.07, 6.45) is 2.27. The van der Waals surface area contributed by atoms with Gasteiger partial charge in [-0.25, -0.2) is 0 Å². The molecule has 3 unspecified atom stereocenters. The van der Waals surface area contributed by atoms with E-state index in [1.54, 1.807) is 11.9 Å². The van der Waals surface area contributed by atoms with Gasteiger partial charge in [-0.15, -0.1) is 0 Å². The fourth-order valence-electron chi connectivity index (χ4n) is 3.32. The summed E-state index contributed by atoms with van der Waals surface area (Å²) in [7, 11) is 1.76. The molecule has 1 saturated heterocycles. The van der Waals surface area contributed by atoms with Gasteiger partial charge in [0.25, 0.3) is 0 Å². The van der Waals surface area contributed by atoms with Gasteiger partial charge in [-0.2, -0.15) is 0 Å². The molecule has 0 aliphatic carbocycles. The number of carbonyl (C=O) groups excluding carboxylic acids is 1. The summed E-state index contributed by atoms with van der Waals surface area (Å²) in [6.45, 7) is 5.27. The van der Waals surface area contributed by atoms with Crippen molar-refractivity contribution >= 4 is 5.91 Å². The smallest absolute Gasteiger partial charge is 0.222 e. The number of nitrogens with zero attached hydrogens (tertiary/aromatic N) is 1.